The van der Waals surface area contributed by atoms with Gasteiger partial charge in [-0.05, 0) is 37.3 Å². The van der Waals surface area contributed by atoms with E-state index >= 15 is 0 Å². The van der Waals surface area contributed by atoms with E-state index in [1.165, 1.54) is 31.5 Å². The van der Waals surface area contributed by atoms with Gasteiger partial charge in [-0.25, -0.2) is 0 Å². The van der Waals surface area contributed by atoms with E-state index in [1.54, 1.807) is 0 Å². The maximum absolute atomic E-state index is 3.52. The molecule has 0 aromatic heterocycles. The molecule has 0 spiro atoms. The number of nitrogens with zero attached hydrogens (tertiary/aromatic N) is 1. The molecule has 1 saturated carbocycles. The summed E-state index contributed by atoms with van der Waals surface area (Å²) in [5.41, 5.74) is 1.44. The summed E-state index contributed by atoms with van der Waals surface area (Å²) < 4.78 is 0. The maximum Gasteiger partial charge on any atom is 0.0234 e. The predicted octanol–water partition coefficient (Wildman–Crippen LogP) is 2.12. The van der Waals surface area contributed by atoms with Crippen LogP contribution in [-0.4, -0.2) is 31.1 Å². The third kappa shape index (κ3) is 2.53. The number of benzene rings is 1. The first kappa shape index (κ1) is 11.2. The molecule has 2 fully saturated rings. The van der Waals surface area contributed by atoms with Crippen LogP contribution in [0.5, 0.6) is 0 Å². The zero-order valence-electron chi connectivity index (χ0n) is 10.6. The summed E-state index contributed by atoms with van der Waals surface area (Å²) in [5.74, 6) is 1.86. The minimum atomic E-state index is 0.780. The van der Waals surface area contributed by atoms with Crippen LogP contribution in [0.3, 0.4) is 0 Å². The maximum atomic E-state index is 3.52. The van der Waals surface area contributed by atoms with Crippen LogP contribution < -0.4 is 5.32 Å². The summed E-state index contributed by atoms with van der Waals surface area (Å²) in [5, 5.41) is 3.52. The van der Waals surface area contributed by atoms with Crippen LogP contribution in [0.1, 0.15) is 18.4 Å². The van der Waals surface area contributed by atoms with Crippen LogP contribution in [-0.2, 0) is 6.54 Å². The Morgan fingerprint density at radius 1 is 1.18 bits per heavy atom. The molecule has 2 nitrogen and oxygen atoms in total. The van der Waals surface area contributed by atoms with Gasteiger partial charge >= 0.3 is 0 Å². The molecule has 3 rings (SSSR count). The lowest BCUT2D eigenvalue weighted by Gasteiger charge is -2.43. The smallest absolute Gasteiger partial charge is 0.0234 e. The molecule has 1 saturated heterocycles. The van der Waals surface area contributed by atoms with Crippen molar-refractivity contribution in [3.8, 4) is 0 Å². The first-order chi connectivity index (χ1) is 8.36. The van der Waals surface area contributed by atoms with Gasteiger partial charge in [0.15, 0.2) is 0 Å². The van der Waals surface area contributed by atoms with Gasteiger partial charge in [-0.2, -0.15) is 0 Å². The second-order valence-corrected chi connectivity index (χ2v) is 5.59. The highest BCUT2D eigenvalue weighted by molar-refractivity contribution is 5.15. The average Bonchev–Trinajstić information content (AvgIpc) is 3.12. The minimum Gasteiger partial charge on any atom is -0.316 e. The Labute approximate surface area is 104 Å². The van der Waals surface area contributed by atoms with E-state index in [-0.39, 0.29) is 0 Å². The summed E-state index contributed by atoms with van der Waals surface area (Å²) in [4.78, 5) is 2.56. The Hall–Kier alpha value is -0.860. The lowest BCUT2D eigenvalue weighted by molar-refractivity contribution is 0.0603. The van der Waals surface area contributed by atoms with Gasteiger partial charge in [0, 0.05) is 25.7 Å². The molecule has 1 atom stereocenters. The van der Waals surface area contributed by atoms with E-state index in [2.05, 4.69) is 47.6 Å². The molecule has 0 amide bonds. The molecule has 17 heavy (non-hydrogen) atoms. The molecule has 92 valence electrons. The molecule has 1 heterocycles. The molecule has 1 aliphatic heterocycles. The summed E-state index contributed by atoms with van der Waals surface area (Å²) in [7, 11) is 2.13. The summed E-state index contributed by atoms with van der Waals surface area (Å²) in [6.07, 6.45) is 2.89. The van der Waals surface area contributed by atoms with E-state index in [0.717, 1.165) is 24.4 Å². The zero-order chi connectivity index (χ0) is 11.7. The predicted molar refractivity (Wildman–Crippen MR) is 70.8 cm³/mol. The van der Waals surface area contributed by atoms with Gasteiger partial charge in [0.05, 0.1) is 0 Å². The molecule has 0 bridgehead atoms. The average molecular weight is 230 g/mol. The van der Waals surface area contributed by atoms with E-state index in [9.17, 15) is 0 Å². The van der Waals surface area contributed by atoms with E-state index < -0.39 is 0 Å². The van der Waals surface area contributed by atoms with Gasteiger partial charge in [0.1, 0.15) is 0 Å². The van der Waals surface area contributed by atoms with E-state index in [1.807, 2.05) is 0 Å². The lowest BCUT2D eigenvalue weighted by atomic mass is 9.88. The van der Waals surface area contributed by atoms with Crippen molar-refractivity contribution in [2.45, 2.75) is 25.4 Å². The molecular weight excluding hydrogens is 208 g/mol. The third-order valence-electron chi connectivity index (χ3n) is 4.21. The van der Waals surface area contributed by atoms with Gasteiger partial charge in [0.25, 0.3) is 0 Å². The zero-order valence-corrected chi connectivity index (χ0v) is 10.6. The molecule has 1 aromatic rings. The van der Waals surface area contributed by atoms with Crippen molar-refractivity contribution < 1.29 is 0 Å². The molecule has 1 N–H and O–H groups in total. The van der Waals surface area contributed by atoms with Gasteiger partial charge < -0.3 is 5.32 Å². The quantitative estimate of drug-likeness (QED) is 0.833. The molecule has 1 aromatic carbocycles. The molecule has 2 aliphatic rings. The number of likely N-dealkylation sites (tertiary alicyclic amines) is 1. The molecule has 2 heteroatoms. The van der Waals surface area contributed by atoms with Crippen molar-refractivity contribution in [3.63, 3.8) is 0 Å². The van der Waals surface area contributed by atoms with Crippen LogP contribution in [0.25, 0.3) is 0 Å². The number of rotatable bonds is 5. The van der Waals surface area contributed by atoms with E-state index in [4.69, 9.17) is 0 Å². The van der Waals surface area contributed by atoms with Crippen molar-refractivity contribution in [3.05, 3.63) is 35.9 Å². The molecule has 1 aliphatic carbocycles. The van der Waals surface area contributed by atoms with Crippen LogP contribution >= 0.6 is 0 Å². The number of hydrogen-bond donors (Lipinski definition) is 1. The first-order valence-electron chi connectivity index (χ1n) is 6.80. The summed E-state index contributed by atoms with van der Waals surface area (Å²) in [6, 6.07) is 11.6. The number of nitrogens with one attached hydrogen (secondary N) is 1. The SMILES string of the molecule is CNC(C1CC1)C1CN(Cc2ccccc2)C1. The lowest BCUT2D eigenvalue weighted by Crippen LogP contribution is -2.55. The Kier molecular flexibility index (Phi) is 3.17. The highest BCUT2D eigenvalue weighted by Crippen LogP contribution is 2.38. The standard InChI is InChI=1S/C15H22N2/c1-16-15(13-7-8-13)14-10-17(11-14)9-12-5-3-2-4-6-12/h2-6,13-16H,7-11H2,1H3. The van der Waals surface area contributed by atoms with Crippen LogP contribution in [0.15, 0.2) is 30.3 Å². The second kappa shape index (κ2) is 4.79. The van der Waals surface area contributed by atoms with Gasteiger partial charge in [-0.15, -0.1) is 0 Å². The fourth-order valence-electron chi connectivity index (χ4n) is 3.12. The fourth-order valence-corrected chi connectivity index (χ4v) is 3.12. The topological polar surface area (TPSA) is 15.3 Å². The first-order valence-corrected chi connectivity index (χ1v) is 6.80. The summed E-state index contributed by atoms with van der Waals surface area (Å²) >= 11 is 0. The Morgan fingerprint density at radius 2 is 1.88 bits per heavy atom. The van der Waals surface area contributed by atoms with Crippen LogP contribution in [0, 0.1) is 11.8 Å². The Morgan fingerprint density at radius 3 is 2.47 bits per heavy atom. The van der Waals surface area contributed by atoms with Gasteiger partial charge in [-0.1, -0.05) is 30.3 Å². The number of hydrogen-bond acceptors (Lipinski definition) is 2. The van der Waals surface area contributed by atoms with Gasteiger partial charge in [-0.3, -0.25) is 4.90 Å². The molecular formula is C15H22N2. The second-order valence-electron chi connectivity index (χ2n) is 5.59. The van der Waals surface area contributed by atoms with Crippen molar-refractivity contribution >= 4 is 0 Å². The van der Waals surface area contributed by atoms with Crippen LogP contribution in [0.4, 0.5) is 0 Å². The van der Waals surface area contributed by atoms with Crippen molar-refractivity contribution in [2.24, 2.45) is 11.8 Å². The molecule has 1 unspecified atom stereocenters. The van der Waals surface area contributed by atoms with Crippen LogP contribution in [0.2, 0.25) is 0 Å². The monoisotopic (exact) mass is 230 g/mol. The van der Waals surface area contributed by atoms with Gasteiger partial charge in [0.2, 0.25) is 0 Å². The molecule has 0 radical (unpaired) electrons. The minimum absolute atomic E-state index is 0.780. The van der Waals surface area contributed by atoms with Crippen molar-refractivity contribution in [1.82, 2.24) is 10.2 Å². The largest absolute Gasteiger partial charge is 0.316 e. The Balaban J connectivity index is 1.48. The van der Waals surface area contributed by atoms with Crippen molar-refractivity contribution in [2.75, 3.05) is 20.1 Å². The summed E-state index contributed by atoms with van der Waals surface area (Å²) in [6.45, 7) is 3.67. The highest BCUT2D eigenvalue weighted by Gasteiger charge is 2.40. The fraction of sp³-hybridized carbons (Fsp3) is 0.600. The Bertz CT molecular complexity index is 352. The highest BCUT2D eigenvalue weighted by atomic mass is 15.2. The third-order valence-corrected chi connectivity index (χ3v) is 4.21. The van der Waals surface area contributed by atoms with Crippen molar-refractivity contribution in [1.29, 1.82) is 0 Å². The van der Waals surface area contributed by atoms with E-state index in [0.29, 0.717) is 0 Å². The normalized spacial score (nSPS) is 23.4.